The van der Waals surface area contributed by atoms with Gasteiger partial charge in [-0.15, -0.1) is 0 Å². The van der Waals surface area contributed by atoms with Crippen LogP contribution in [0.1, 0.15) is 12.6 Å². The Balaban J connectivity index is 1.96. The fourth-order valence-electron chi connectivity index (χ4n) is 2.95. The van der Waals surface area contributed by atoms with Crippen molar-refractivity contribution >= 4 is 10.9 Å². The molecular formula is C15H21N3O. The van der Waals surface area contributed by atoms with E-state index >= 15 is 0 Å². The van der Waals surface area contributed by atoms with Crippen LogP contribution in [0.25, 0.3) is 10.9 Å². The molecule has 3 rings (SSSR count). The number of nitrogens with one attached hydrogen (secondary N) is 1. The Kier molecular flexibility index (Phi) is 3.44. The summed E-state index contributed by atoms with van der Waals surface area (Å²) in [5, 5.41) is 14.6. The molecule has 0 amide bonds. The standard InChI is InChI=1S/C15H21N3O/c1-2-18-13(11-17-8-6-16-7-9-17)10-12-4-3-5-14(19)15(12)18/h3-5,10,16,19H,2,6-9,11H2,1H3. The van der Waals surface area contributed by atoms with E-state index in [0.717, 1.165) is 50.2 Å². The van der Waals surface area contributed by atoms with Crippen LogP contribution in [-0.4, -0.2) is 40.8 Å². The number of fused-ring (bicyclic) bond motifs is 1. The molecule has 4 heteroatoms. The maximum Gasteiger partial charge on any atom is 0.139 e. The summed E-state index contributed by atoms with van der Waals surface area (Å²) in [6, 6.07) is 7.96. The smallest absolute Gasteiger partial charge is 0.139 e. The molecule has 1 fully saturated rings. The van der Waals surface area contributed by atoms with Gasteiger partial charge in [-0.1, -0.05) is 12.1 Å². The lowest BCUT2D eigenvalue weighted by molar-refractivity contribution is 0.228. The lowest BCUT2D eigenvalue weighted by Crippen LogP contribution is -2.43. The van der Waals surface area contributed by atoms with Crippen molar-refractivity contribution in [3.8, 4) is 5.75 Å². The van der Waals surface area contributed by atoms with Gasteiger partial charge in [-0.2, -0.15) is 0 Å². The van der Waals surface area contributed by atoms with Crippen molar-refractivity contribution in [1.29, 1.82) is 0 Å². The van der Waals surface area contributed by atoms with Gasteiger partial charge in [-0.3, -0.25) is 4.90 Å². The average molecular weight is 259 g/mol. The summed E-state index contributed by atoms with van der Waals surface area (Å²) in [6.45, 7) is 8.31. The van der Waals surface area contributed by atoms with E-state index in [1.807, 2.05) is 6.07 Å². The van der Waals surface area contributed by atoms with Gasteiger partial charge in [-0.25, -0.2) is 0 Å². The molecule has 0 bridgehead atoms. The van der Waals surface area contributed by atoms with Gasteiger partial charge in [0.2, 0.25) is 0 Å². The van der Waals surface area contributed by atoms with Crippen molar-refractivity contribution < 1.29 is 5.11 Å². The molecule has 1 aromatic carbocycles. The number of nitrogens with zero attached hydrogens (tertiary/aromatic N) is 2. The van der Waals surface area contributed by atoms with Crippen molar-refractivity contribution in [3.63, 3.8) is 0 Å². The van der Waals surface area contributed by atoms with Gasteiger partial charge in [0, 0.05) is 50.3 Å². The number of para-hydroxylation sites is 1. The second-order valence-electron chi connectivity index (χ2n) is 5.12. The summed E-state index contributed by atoms with van der Waals surface area (Å²) in [5.74, 6) is 0.380. The molecule has 102 valence electrons. The van der Waals surface area contributed by atoms with Crippen LogP contribution >= 0.6 is 0 Å². The van der Waals surface area contributed by atoms with Crippen molar-refractivity contribution in [2.45, 2.75) is 20.0 Å². The number of aromatic nitrogens is 1. The first-order valence-electron chi connectivity index (χ1n) is 7.02. The van der Waals surface area contributed by atoms with E-state index in [4.69, 9.17) is 0 Å². The molecule has 0 spiro atoms. The number of benzene rings is 1. The molecule has 0 saturated carbocycles. The highest BCUT2D eigenvalue weighted by atomic mass is 16.3. The molecule has 2 aromatic rings. The Bertz CT molecular complexity index is 570. The average Bonchev–Trinajstić information content (AvgIpc) is 2.78. The minimum absolute atomic E-state index is 0.380. The second kappa shape index (κ2) is 5.23. The molecule has 0 aliphatic carbocycles. The summed E-state index contributed by atoms with van der Waals surface area (Å²) >= 11 is 0. The highest BCUT2D eigenvalue weighted by molar-refractivity contribution is 5.86. The second-order valence-corrected chi connectivity index (χ2v) is 5.12. The molecule has 19 heavy (non-hydrogen) atoms. The van der Waals surface area contributed by atoms with Crippen LogP contribution in [-0.2, 0) is 13.1 Å². The summed E-state index contributed by atoms with van der Waals surface area (Å²) in [7, 11) is 0. The molecule has 0 unspecified atom stereocenters. The summed E-state index contributed by atoms with van der Waals surface area (Å²) in [4.78, 5) is 2.47. The van der Waals surface area contributed by atoms with Crippen LogP contribution < -0.4 is 5.32 Å². The Morgan fingerprint density at radius 2 is 2.05 bits per heavy atom. The van der Waals surface area contributed by atoms with Gasteiger partial charge >= 0.3 is 0 Å². The number of aromatic hydroxyl groups is 1. The predicted octanol–water partition coefficient (Wildman–Crippen LogP) is 1.77. The van der Waals surface area contributed by atoms with Crippen LogP contribution in [0.15, 0.2) is 24.3 Å². The van der Waals surface area contributed by atoms with Crippen molar-refractivity contribution in [3.05, 3.63) is 30.0 Å². The third kappa shape index (κ3) is 2.33. The van der Waals surface area contributed by atoms with Gasteiger partial charge in [0.05, 0.1) is 5.52 Å². The quantitative estimate of drug-likeness (QED) is 0.882. The molecular weight excluding hydrogens is 238 g/mol. The van der Waals surface area contributed by atoms with Crippen molar-refractivity contribution in [1.82, 2.24) is 14.8 Å². The number of hydrogen-bond donors (Lipinski definition) is 2. The van der Waals surface area contributed by atoms with Crippen LogP contribution in [0, 0.1) is 0 Å². The minimum Gasteiger partial charge on any atom is -0.506 e. The number of phenolic OH excluding ortho intramolecular Hbond substituents is 1. The highest BCUT2D eigenvalue weighted by Gasteiger charge is 2.15. The van der Waals surface area contributed by atoms with Crippen molar-refractivity contribution in [2.75, 3.05) is 26.2 Å². The normalized spacial score (nSPS) is 17.1. The third-order valence-corrected chi connectivity index (χ3v) is 3.90. The summed E-state index contributed by atoms with van der Waals surface area (Å²) < 4.78 is 2.23. The van der Waals surface area contributed by atoms with Crippen LogP contribution in [0.5, 0.6) is 5.75 Å². The molecule has 2 heterocycles. The Labute approximate surface area is 113 Å². The van der Waals surface area contributed by atoms with Crippen LogP contribution in [0.4, 0.5) is 0 Å². The topological polar surface area (TPSA) is 40.4 Å². The van der Waals surface area contributed by atoms with E-state index in [1.165, 1.54) is 5.69 Å². The largest absolute Gasteiger partial charge is 0.506 e. The van der Waals surface area contributed by atoms with E-state index in [1.54, 1.807) is 6.07 Å². The molecule has 1 aliphatic heterocycles. The predicted molar refractivity (Wildman–Crippen MR) is 77.4 cm³/mol. The zero-order valence-corrected chi connectivity index (χ0v) is 11.4. The summed E-state index contributed by atoms with van der Waals surface area (Å²) in [6.07, 6.45) is 0. The fourth-order valence-corrected chi connectivity index (χ4v) is 2.95. The monoisotopic (exact) mass is 259 g/mol. The fraction of sp³-hybridized carbons (Fsp3) is 0.467. The zero-order chi connectivity index (χ0) is 13.2. The summed E-state index contributed by atoms with van der Waals surface area (Å²) in [5.41, 5.74) is 2.26. The molecule has 1 aromatic heterocycles. The SMILES string of the molecule is CCn1c(CN2CCNCC2)cc2cccc(O)c21. The maximum atomic E-state index is 10.1. The van der Waals surface area contributed by atoms with E-state index < -0.39 is 0 Å². The molecule has 2 N–H and O–H groups in total. The molecule has 1 aliphatic rings. The molecule has 4 nitrogen and oxygen atoms in total. The first-order chi connectivity index (χ1) is 9.29. The van der Waals surface area contributed by atoms with E-state index in [2.05, 4.69) is 33.8 Å². The Hall–Kier alpha value is -1.52. The van der Waals surface area contributed by atoms with E-state index in [9.17, 15) is 5.11 Å². The molecule has 1 saturated heterocycles. The van der Waals surface area contributed by atoms with Gasteiger partial charge in [0.25, 0.3) is 0 Å². The Morgan fingerprint density at radius 1 is 1.26 bits per heavy atom. The number of phenols is 1. The lowest BCUT2D eigenvalue weighted by Gasteiger charge is -2.27. The van der Waals surface area contributed by atoms with Gasteiger partial charge in [0.1, 0.15) is 5.75 Å². The number of rotatable bonds is 3. The zero-order valence-electron chi connectivity index (χ0n) is 11.4. The Morgan fingerprint density at radius 3 is 2.79 bits per heavy atom. The first kappa shape index (κ1) is 12.5. The first-order valence-corrected chi connectivity index (χ1v) is 7.02. The molecule has 0 radical (unpaired) electrons. The minimum atomic E-state index is 0.380. The maximum absolute atomic E-state index is 10.1. The number of aryl methyl sites for hydroxylation is 1. The van der Waals surface area contributed by atoms with Gasteiger partial charge in [-0.05, 0) is 19.1 Å². The van der Waals surface area contributed by atoms with Crippen molar-refractivity contribution in [2.24, 2.45) is 0 Å². The van der Waals surface area contributed by atoms with E-state index in [0.29, 0.717) is 5.75 Å². The number of piperazine rings is 1. The van der Waals surface area contributed by atoms with Gasteiger partial charge in [0.15, 0.2) is 0 Å². The molecule has 0 atom stereocenters. The van der Waals surface area contributed by atoms with Crippen LogP contribution in [0.2, 0.25) is 0 Å². The van der Waals surface area contributed by atoms with E-state index in [-0.39, 0.29) is 0 Å². The third-order valence-electron chi connectivity index (χ3n) is 3.90. The lowest BCUT2D eigenvalue weighted by atomic mass is 10.2. The highest BCUT2D eigenvalue weighted by Crippen LogP contribution is 2.28. The number of hydrogen-bond acceptors (Lipinski definition) is 3. The van der Waals surface area contributed by atoms with Crippen LogP contribution in [0.3, 0.4) is 0 Å². The van der Waals surface area contributed by atoms with Gasteiger partial charge < -0.3 is 15.0 Å².